The second kappa shape index (κ2) is 5.12. The fourth-order valence-electron chi connectivity index (χ4n) is 1.70. The third-order valence-electron chi connectivity index (χ3n) is 2.56. The molecule has 3 unspecified atom stereocenters. The van der Waals surface area contributed by atoms with Crippen molar-refractivity contribution in [3.63, 3.8) is 0 Å². The van der Waals surface area contributed by atoms with Gasteiger partial charge in [-0.05, 0) is 25.2 Å². The summed E-state index contributed by atoms with van der Waals surface area (Å²) >= 11 is 0. The Morgan fingerprint density at radius 2 is 2.29 bits per heavy atom. The van der Waals surface area contributed by atoms with Gasteiger partial charge in [-0.3, -0.25) is 0 Å². The summed E-state index contributed by atoms with van der Waals surface area (Å²) in [6.45, 7) is 3.37. The molecule has 4 heteroatoms. The van der Waals surface area contributed by atoms with E-state index in [1.54, 1.807) is 0 Å². The summed E-state index contributed by atoms with van der Waals surface area (Å²) in [5.41, 5.74) is 0. The third-order valence-corrected chi connectivity index (χ3v) is 2.56. The molecule has 1 aliphatic carbocycles. The van der Waals surface area contributed by atoms with Crippen LogP contribution in [0.2, 0.25) is 0 Å². The molecule has 0 bridgehead atoms. The summed E-state index contributed by atoms with van der Waals surface area (Å²) in [4.78, 5) is 10.9. The quantitative estimate of drug-likeness (QED) is 0.506. The number of aliphatic hydroxyl groups is 2. The Labute approximate surface area is 83.2 Å². The first-order chi connectivity index (χ1) is 6.67. The van der Waals surface area contributed by atoms with Gasteiger partial charge in [-0.2, -0.15) is 0 Å². The maximum Gasteiger partial charge on any atom is 0.330 e. The standard InChI is InChI=1S/C10H16O4/c1-2-10(13)14-9-4-3-7(6-11)5-8(9)12/h2,7-9,11-12H,1,3-6H2. The van der Waals surface area contributed by atoms with E-state index in [0.717, 1.165) is 12.5 Å². The van der Waals surface area contributed by atoms with Crippen LogP contribution in [0.5, 0.6) is 0 Å². The van der Waals surface area contributed by atoms with Crippen LogP contribution in [0.25, 0.3) is 0 Å². The van der Waals surface area contributed by atoms with Crippen molar-refractivity contribution in [3.05, 3.63) is 12.7 Å². The molecule has 0 radical (unpaired) electrons. The normalized spacial score (nSPS) is 32.3. The van der Waals surface area contributed by atoms with Gasteiger partial charge in [0.25, 0.3) is 0 Å². The number of rotatable bonds is 3. The summed E-state index contributed by atoms with van der Waals surface area (Å²) in [5, 5.41) is 18.5. The highest BCUT2D eigenvalue weighted by molar-refractivity contribution is 5.81. The van der Waals surface area contributed by atoms with Crippen molar-refractivity contribution < 1.29 is 19.7 Å². The SMILES string of the molecule is C=CC(=O)OC1CCC(CO)CC1O. The monoisotopic (exact) mass is 200 g/mol. The summed E-state index contributed by atoms with van der Waals surface area (Å²) < 4.78 is 4.96. The Kier molecular flexibility index (Phi) is 4.10. The minimum atomic E-state index is -0.662. The minimum Gasteiger partial charge on any atom is -0.456 e. The van der Waals surface area contributed by atoms with Crippen LogP contribution in [0, 0.1) is 5.92 Å². The van der Waals surface area contributed by atoms with Gasteiger partial charge in [0.05, 0.1) is 6.10 Å². The molecule has 0 aliphatic heterocycles. The smallest absolute Gasteiger partial charge is 0.330 e. The van der Waals surface area contributed by atoms with Gasteiger partial charge in [-0.15, -0.1) is 0 Å². The van der Waals surface area contributed by atoms with Crippen molar-refractivity contribution in [3.8, 4) is 0 Å². The Morgan fingerprint density at radius 3 is 2.79 bits per heavy atom. The first-order valence-corrected chi connectivity index (χ1v) is 4.79. The minimum absolute atomic E-state index is 0.0825. The largest absolute Gasteiger partial charge is 0.456 e. The van der Waals surface area contributed by atoms with E-state index in [2.05, 4.69) is 6.58 Å². The zero-order chi connectivity index (χ0) is 10.6. The van der Waals surface area contributed by atoms with Crippen LogP contribution >= 0.6 is 0 Å². The molecule has 0 heterocycles. The van der Waals surface area contributed by atoms with Gasteiger partial charge in [0.2, 0.25) is 0 Å². The average Bonchev–Trinajstić information content (AvgIpc) is 2.20. The number of aliphatic hydroxyl groups excluding tert-OH is 2. The lowest BCUT2D eigenvalue weighted by Crippen LogP contribution is -2.37. The molecule has 3 atom stereocenters. The molecule has 0 aromatic rings. The summed E-state index contributed by atoms with van der Waals surface area (Å²) in [6.07, 6.45) is 1.86. The van der Waals surface area contributed by atoms with Crippen LogP contribution in [0.15, 0.2) is 12.7 Å². The summed E-state index contributed by atoms with van der Waals surface area (Å²) in [5.74, 6) is -0.375. The Morgan fingerprint density at radius 1 is 1.57 bits per heavy atom. The number of ether oxygens (including phenoxy) is 1. The molecule has 1 rings (SSSR count). The van der Waals surface area contributed by atoms with Crippen LogP contribution in [0.3, 0.4) is 0 Å². The first kappa shape index (κ1) is 11.2. The van der Waals surface area contributed by atoms with E-state index in [0.29, 0.717) is 12.8 Å². The van der Waals surface area contributed by atoms with Crippen molar-refractivity contribution >= 4 is 5.97 Å². The van der Waals surface area contributed by atoms with E-state index in [-0.39, 0.29) is 12.5 Å². The van der Waals surface area contributed by atoms with Gasteiger partial charge in [-0.25, -0.2) is 4.79 Å². The predicted molar refractivity (Wildman–Crippen MR) is 50.5 cm³/mol. The lowest BCUT2D eigenvalue weighted by molar-refractivity contribution is -0.153. The molecule has 4 nitrogen and oxygen atoms in total. The number of carbonyl (C=O) groups excluding carboxylic acids is 1. The zero-order valence-corrected chi connectivity index (χ0v) is 8.06. The van der Waals surface area contributed by atoms with Crippen LogP contribution < -0.4 is 0 Å². The number of hydrogen-bond acceptors (Lipinski definition) is 4. The Bertz CT molecular complexity index is 214. The highest BCUT2D eigenvalue weighted by Crippen LogP contribution is 2.26. The van der Waals surface area contributed by atoms with E-state index in [1.807, 2.05) is 0 Å². The second-order valence-corrected chi connectivity index (χ2v) is 3.61. The maximum atomic E-state index is 10.9. The van der Waals surface area contributed by atoms with Crippen molar-refractivity contribution in [2.75, 3.05) is 6.61 Å². The molecular weight excluding hydrogens is 184 g/mol. The van der Waals surface area contributed by atoms with Gasteiger partial charge in [0.1, 0.15) is 6.10 Å². The zero-order valence-electron chi connectivity index (χ0n) is 8.06. The fourth-order valence-corrected chi connectivity index (χ4v) is 1.70. The van der Waals surface area contributed by atoms with Gasteiger partial charge < -0.3 is 14.9 Å². The molecule has 0 spiro atoms. The molecule has 0 amide bonds. The van der Waals surface area contributed by atoms with Crippen molar-refractivity contribution in [1.82, 2.24) is 0 Å². The number of carbonyl (C=O) groups is 1. The van der Waals surface area contributed by atoms with E-state index >= 15 is 0 Å². The van der Waals surface area contributed by atoms with Crippen LogP contribution in [-0.4, -0.2) is 35.0 Å². The number of hydrogen-bond donors (Lipinski definition) is 2. The second-order valence-electron chi connectivity index (χ2n) is 3.61. The van der Waals surface area contributed by atoms with Gasteiger partial charge in [0, 0.05) is 12.7 Å². The van der Waals surface area contributed by atoms with Gasteiger partial charge >= 0.3 is 5.97 Å². The molecule has 1 saturated carbocycles. The van der Waals surface area contributed by atoms with E-state index in [1.165, 1.54) is 0 Å². The average molecular weight is 200 g/mol. The fraction of sp³-hybridized carbons (Fsp3) is 0.700. The lowest BCUT2D eigenvalue weighted by atomic mass is 9.86. The van der Waals surface area contributed by atoms with E-state index in [9.17, 15) is 9.90 Å². The van der Waals surface area contributed by atoms with Crippen molar-refractivity contribution in [2.45, 2.75) is 31.5 Å². The molecular formula is C10H16O4. The lowest BCUT2D eigenvalue weighted by Gasteiger charge is -2.31. The van der Waals surface area contributed by atoms with Crippen LogP contribution in [-0.2, 0) is 9.53 Å². The molecule has 2 N–H and O–H groups in total. The van der Waals surface area contributed by atoms with Crippen LogP contribution in [0.1, 0.15) is 19.3 Å². The van der Waals surface area contributed by atoms with E-state index < -0.39 is 18.2 Å². The Balaban J connectivity index is 2.41. The molecule has 0 saturated heterocycles. The van der Waals surface area contributed by atoms with E-state index in [4.69, 9.17) is 9.84 Å². The highest BCUT2D eigenvalue weighted by atomic mass is 16.6. The van der Waals surface area contributed by atoms with Crippen LogP contribution in [0.4, 0.5) is 0 Å². The molecule has 0 aromatic heterocycles. The van der Waals surface area contributed by atoms with Gasteiger partial charge in [0.15, 0.2) is 0 Å². The first-order valence-electron chi connectivity index (χ1n) is 4.79. The summed E-state index contributed by atoms with van der Waals surface area (Å²) in [6, 6.07) is 0. The topological polar surface area (TPSA) is 66.8 Å². The molecule has 1 aliphatic rings. The Hall–Kier alpha value is -0.870. The third kappa shape index (κ3) is 2.82. The summed E-state index contributed by atoms with van der Waals surface area (Å²) in [7, 11) is 0. The predicted octanol–water partition coefficient (Wildman–Crippen LogP) is 0.238. The van der Waals surface area contributed by atoms with Gasteiger partial charge in [-0.1, -0.05) is 6.58 Å². The molecule has 14 heavy (non-hydrogen) atoms. The maximum absolute atomic E-state index is 10.9. The van der Waals surface area contributed by atoms with Crippen molar-refractivity contribution in [1.29, 1.82) is 0 Å². The molecule has 80 valence electrons. The number of esters is 1. The van der Waals surface area contributed by atoms with Crippen molar-refractivity contribution in [2.24, 2.45) is 5.92 Å². The molecule has 0 aromatic carbocycles. The molecule has 1 fully saturated rings. The highest BCUT2D eigenvalue weighted by Gasteiger charge is 2.30.